The SMILES string of the molecule is CC12CCC(C/C1=N\Nc1nn[nH]n1)C2(C)C. The molecule has 0 aromatic carbocycles. The number of aromatic nitrogens is 4. The number of rotatable bonds is 2. The molecule has 6 nitrogen and oxygen atoms in total. The lowest BCUT2D eigenvalue weighted by Gasteiger charge is -2.34. The van der Waals surface area contributed by atoms with Crippen LogP contribution in [0.2, 0.25) is 0 Å². The highest BCUT2D eigenvalue weighted by atomic mass is 15.5. The third-order valence-electron chi connectivity index (χ3n) is 5.15. The van der Waals surface area contributed by atoms with Crippen LogP contribution in [-0.4, -0.2) is 26.3 Å². The number of nitrogens with zero attached hydrogens (tertiary/aromatic N) is 4. The Morgan fingerprint density at radius 1 is 1.41 bits per heavy atom. The molecule has 2 atom stereocenters. The summed E-state index contributed by atoms with van der Waals surface area (Å²) in [6, 6.07) is 0. The second-order valence-corrected chi connectivity index (χ2v) is 5.90. The van der Waals surface area contributed by atoms with Gasteiger partial charge < -0.3 is 0 Å². The van der Waals surface area contributed by atoms with E-state index >= 15 is 0 Å². The minimum absolute atomic E-state index is 0.217. The predicted octanol–water partition coefficient (Wildman–Crippen LogP) is 1.81. The summed E-state index contributed by atoms with van der Waals surface area (Å²) in [5.74, 6) is 1.19. The molecule has 92 valence electrons. The van der Waals surface area contributed by atoms with Crippen molar-refractivity contribution in [3.63, 3.8) is 0 Å². The molecule has 1 aromatic heterocycles. The molecule has 2 saturated carbocycles. The topological polar surface area (TPSA) is 78.9 Å². The van der Waals surface area contributed by atoms with Crippen LogP contribution in [0.1, 0.15) is 40.0 Å². The van der Waals surface area contributed by atoms with Gasteiger partial charge in [-0.05, 0) is 35.8 Å². The fourth-order valence-electron chi connectivity index (χ4n) is 3.42. The van der Waals surface area contributed by atoms with Gasteiger partial charge in [0.1, 0.15) is 0 Å². The van der Waals surface area contributed by atoms with E-state index in [2.05, 4.69) is 51.9 Å². The molecule has 2 fully saturated rings. The number of hydrogen-bond acceptors (Lipinski definition) is 5. The number of fused-ring (bicyclic) bond motifs is 2. The molecule has 6 heteroatoms. The van der Waals surface area contributed by atoms with Crippen molar-refractivity contribution in [2.45, 2.75) is 40.0 Å². The highest BCUT2D eigenvalue weighted by Gasteiger charge is 2.59. The van der Waals surface area contributed by atoms with Crippen LogP contribution in [0.4, 0.5) is 5.95 Å². The minimum Gasteiger partial charge on any atom is -0.243 e. The number of anilines is 1. The summed E-state index contributed by atoms with van der Waals surface area (Å²) in [5.41, 5.74) is 4.71. The molecule has 0 saturated heterocycles. The van der Waals surface area contributed by atoms with E-state index < -0.39 is 0 Å². The van der Waals surface area contributed by atoms with Crippen LogP contribution in [0, 0.1) is 16.7 Å². The van der Waals surface area contributed by atoms with E-state index in [1.54, 1.807) is 0 Å². The van der Waals surface area contributed by atoms with E-state index in [1.807, 2.05) is 0 Å². The highest BCUT2D eigenvalue weighted by Crippen LogP contribution is 2.63. The molecular formula is C11H18N6. The van der Waals surface area contributed by atoms with Crippen molar-refractivity contribution in [2.75, 3.05) is 5.43 Å². The van der Waals surface area contributed by atoms with Crippen LogP contribution in [0.5, 0.6) is 0 Å². The smallest absolute Gasteiger partial charge is 0.243 e. The van der Waals surface area contributed by atoms with Gasteiger partial charge in [0.05, 0.1) is 0 Å². The van der Waals surface area contributed by atoms with Crippen molar-refractivity contribution >= 4 is 11.7 Å². The molecule has 0 aliphatic heterocycles. The first kappa shape index (κ1) is 10.7. The van der Waals surface area contributed by atoms with Gasteiger partial charge in [0, 0.05) is 11.1 Å². The van der Waals surface area contributed by atoms with Gasteiger partial charge in [-0.3, -0.25) is 0 Å². The van der Waals surface area contributed by atoms with Crippen molar-refractivity contribution in [1.82, 2.24) is 20.6 Å². The van der Waals surface area contributed by atoms with Crippen LogP contribution in [0.3, 0.4) is 0 Å². The van der Waals surface area contributed by atoms with Crippen LogP contribution < -0.4 is 5.43 Å². The quantitative estimate of drug-likeness (QED) is 0.765. The molecule has 2 N–H and O–H groups in total. The Bertz CT molecular complexity index is 449. The van der Waals surface area contributed by atoms with Gasteiger partial charge in [-0.25, -0.2) is 5.43 Å². The molecule has 2 bridgehead atoms. The molecule has 0 radical (unpaired) electrons. The first-order chi connectivity index (χ1) is 8.04. The first-order valence-corrected chi connectivity index (χ1v) is 6.10. The summed E-state index contributed by atoms with van der Waals surface area (Å²) in [7, 11) is 0. The third kappa shape index (κ3) is 1.33. The Kier molecular flexibility index (Phi) is 2.06. The molecule has 3 rings (SSSR count). The standard InChI is InChI=1S/C11H18N6/c1-10(2)7-4-5-11(10,3)8(6-7)12-13-9-14-16-17-15-9/h7H,4-6H2,1-3H3,(H2,13,14,15,16,17)/b12-8+. The van der Waals surface area contributed by atoms with Crippen LogP contribution >= 0.6 is 0 Å². The van der Waals surface area contributed by atoms with Crippen LogP contribution in [0.25, 0.3) is 0 Å². The van der Waals surface area contributed by atoms with Crippen LogP contribution in [0.15, 0.2) is 5.10 Å². The maximum Gasteiger partial charge on any atom is 0.283 e. The zero-order valence-electron chi connectivity index (χ0n) is 10.5. The molecule has 1 heterocycles. The average Bonchev–Trinajstić information content (AvgIpc) is 2.91. The molecule has 0 spiro atoms. The molecular weight excluding hydrogens is 216 g/mol. The fraction of sp³-hybridized carbons (Fsp3) is 0.818. The minimum atomic E-state index is 0.217. The van der Waals surface area contributed by atoms with Gasteiger partial charge in [0.15, 0.2) is 0 Å². The average molecular weight is 234 g/mol. The molecule has 17 heavy (non-hydrogen) atoms. The molecule has 2 aliphatic carbocycles. The van der Waals surface area contributed by atoms with Gasteiger partial charge in [-0.2, -0.15) is 10.3 Å². The Hall–Kier alpha value is -1.46. The Morgan fingerprint density at radius 3 is 2.76 bits per heavy atom. The van der Waals surface area contributed by atoms with Crippen molar-refractivity contribution in [2.24, 2.45) is 21.8 Å². The third-order valence-corrected chi connectivity index (χ3v) is 5.15. The summed E-state index contributed by atoms with van der Waals surface area (Å²) in [5, 5.41) is 18.1. The Balaban J connectivity index is 1.84. The molecule has 1 aromatic rings. The van der Waals surface area contributed by atoms with Crippen molar-refractivity contribution in [3.8, 4) is 0 Å². The maximum atomic E-state index is 4.50. The number of hydrogen-bond donors (Lipinski definition) is 2. The second-order valence-electron chi connectivity index (χ2n) is 5.90. The zero-order chi connectivity index (χ0) is 12.1. The van der Waals surface area contributed by atoms with E-state index in [-0.39, 0.29) is 5.41 Å². The maximum absolute atomic E-state index is 4.50. The lowest BCUT2D eigenvalue weighted by Crippen LogP contribution is -2.32. The lowest BCUT2D eigenvalue weighted by atomic mass is 9.70. The Morgan fingerprint density at radius 2 is 2.24 bits per heavy atom. The van der Waals surface area contributed by atoms with Gasteiger partial charge >= 0.3 is 0 Å². The van der Waals surface area contributed by atoms with Gasteiger partial charge in [0.2, 0.25) is 0 Å². The van der Waals surface area contributed by atoms with Gasteiger partial charge in [-0.1, -0.05) is 25.9 Å². The highest BCUT2D eigenvalue weighted by molar-refractivity contribution is 5.94. The van der Waals surface area contributed by atoms with Crippen molar-refractivity contribution in [3.05, 3.63) is 0 Å². The van der Waals surface area contributed by atoms with Crippen molar-refractivity contribution in [1.29, 1.82) is 0 Å². The first-order valence-electron chi connectivity index (χ1n) is 6.10. The van der Waals surface area contributed by atoms with E-state index in [0.29, 0.717) is 11.4 Å². The Labute approximate surface area is 100 Å². The molecule has 2 aliphatic rings. The van der Waals surface area contributed by atoms with Gasteiger partial charge in [0.25, 0.3) is 5.95 Å². The normalized spacial score (nSPS) is 36.6. The van der Waals surface area contributed by atoms with Crippen LogP contribution in [-0.2, 0) is 0 Å². The van der Waals surface area contributed by atoms with E-state index in [4.69, 9.17) is 0 Å². The zero-order valence-corrected chi connectivity index (χ0v) is 10.5. The number of tetrazole rings is 1. The lowest BCUT2D eigenvalue weighted by molar-refractivity contribution is 0.194. The summed E-state index contributed by atoms with van der Waals surface area (Å²) in [4.78, 5) is 0. The van der Waals surface area contributed by atoms with E-state index in [9.17, 15) is 0 Å². The summed E-state index contributed by atoms with van der Waals surface area (Å²) < 4.78 is 0. The van der Waals surface area contributed by atoms with Crippen molar-refractivity contribution < 1.29 is 0 Å². The summed E-state index contributed by atoms with van der Waals surface area (Å²) in [6.45, 7) is 7.06. The monoisotopic (exact) mass is 234 g/mol. The number of H-pyrrole nitrogens is 1. The largest absolute Gasteiger partial charge is 0.283 e. The fourth-order valence-corrected chi connectivity index (χ4v) is 3.42. The summed E-state index contributed by atoms with van der Waals surface area (Å²) in [6.07, 6.45) is 3.65. The number of aromatic amines is 1. The molecule has 2 unspecified atom stereocenters. The van der Waals surface area contributed by atoms with Gasteiger partial charge in [-0.15, -0.1) is 5.10 Å². The second kappa shape index (κ2) is 3.27. The predicted molar refractivity (Wildman–Crippen MR) is 64.5 cm³/mol. The molecule has 0 amide bonds. The van der Waals surface area contributed by atoms with E-state index in [1.165, 1.54) is 18.6 Å². The number of hydrazone groups is 1. The number of nitrogens with one attached hydrogen (secondary N) is 2. The van der Waals surface area contributed by atoms with E-state index in [0.717, 1.165) is 12.3 Å². The summed E-state index contributed by atoms with van der Waals surface area (Å²) >= 11 is 0.